The molecule has 0 saturated heterocycles. The number of benzene rings is 3. The molecule has 162 valence electrons. The molecule has 32 heavy (non-hydrogen) atoms. The molecule has 0 atom stereocenters. The maximum atomic E-state index is 12.5. The zero-order valence-electron chi connectivity index (χ0n) is 18.0. The molecule has 0 bridgehead atoms. The Kier molecular flexibility index (Phi) is 8.65. The Morgan fingerprint density at radius 1 is 1.06 bits per heavy atom. The van der Waals surface area contributed by atoms with Gasteiger partial charge in [-0.15, -0.1) is 0 Å². The molecule has 3 aromatic rings. The zero-order valence-corrected chi connectivity index (χ0v) is 19.6. The summed E-state index contributed by atoms with van der Waals surface area (Å²) in [6, 6.07) is 25.8. The minimum atomic E-state index is -0.384. The summed E-state index contributed by atoms with van der Waals surface area (Å²) >= 11 is 3.46. The molecule has 1 N–H and O–H groups in total. The van der Waals surface area contributed by atoms with E-state index in [0.717, 1.165) is 28.4 Å². The van der Waals surface area contributed by atoms with Crippen LogP contribution in [0.3, 0.4) is 0 Å². The highest BCUT2D eigenvalue weighted by atomic mass is 79.9. The molecule has 4 nitrogen and oxygen atoms in total. The van der Waals surface area contributed by atoms with Gasteiger partial charge in [-0.2, -0.15) is 5.26 Å². The number of carbonyl (C=O) groups is 1. The van der Waals surface area contributed by atoms with Crippen LogP contribution in [-0.2, 0) is 17.8 Å². The lowest BCUT2D eigenvalue weighted by Gasteiger charge is -2.11. The van der Waals surface area contributed by atoms with E-state index >= 15 is 0 Å². The fourth-order valence-electron chi connectivity index (χ4n) is 3.27. The van der Waals surface area contributed by atoms with Gasteiger partial charge in [0.2, 0.25) is 0 Å². The zero-order chi connectivity index (χ0) is 22.8. The number of rotatable bonds is 9. The van der Waals surface area contributed by atoms with Gasteiger partial charge in [0.25, 0.3) is 5.91 Å². The quantitative estimate of drug-likeness (QED) is 0.228. The second kappa shape index (κ2) is 11.9. The van der Waals surface area contributed by atoms with E-state index in [-0.39, 0.29) is 11.5 Å². The van der Waals surface area contributed by atoms with E-state index in [4.69, 9.17) is 4.74 Å². The molecule has 0 radical (unpaired) electrons. The van der Waals surface area contributed by atoms with Crippen molar-refractivity contribution in [2.75, 3.05) is 6.54 Å². The molecule has 0 fully saturated rings. The van der Waals surface area contributed by atoms with E-state index < -0.39 is 0 Å². The number of ether oxygens (including phenoxy) is 1. The van der Waals surface area contributed by atoms with Crippen LogP contribution in [0.25, 0.3) is 6.08 Å². The van der Waals surface area contributed by atoms with Crippen molar-refractivity contribution >= 4 is 27.9 Å². The van der Waals surface area contributed by atoms with Crippen LogP contribution in [0.5, 0.6) is 5.75 Å². The number of hydrogen-bond donors (Lipinski definition) is 1. The van der Waals surface area contributed by atoms with Gasteiger partial charge in [-0.05, 0) is 55.2 Å². The molecule has 0 spiro atoms. The number of halogens is 1. The molecular weight excluding hydrogens is 464 g/mol. The van der Waals surface area contributed by atoms with Gasteiger partial charge in [0, 0.05) is 16.6 Å². The number of aryl methyl sites for hydroxylation is 2. The first-order chi connectivity index (χ1) is 15.5. The van der Waals surface area contributed by atoms with Gasteiger partial charge in [-0.25, -0.2) is 0 Å². The number of nitrogens with zero attached hydrogens (tertiary/aromatic N) is 1. The number of nitrogens with one attached hydrogen (secondary N) is 1. The summed E-state index contributed by atoms with van der Waals surface area (Å²) in [7, 11) is 0. The summed E-state index contributed by atoms with van der Waals surface area (Å²) < 4.78 is 6.84. The normalized spacial score (nSPS) is 11.0. The standard InChI is InChI=1S/C27H25BrN2O2/c1-20-7-5-10-22(15-20)19-32-26-13-12-25(28)17-23(26)16-24(18-29)27(31)30-14-6-11-21-8-3-2-4-9-21/h2-5,7-10,12-13,15-17H,6,11,14,19H2,1H3,(H,30,31)/b24-16-. The largest absolute Gasteiger partial charge is 0.488 e. The fourth-order valence-corrected chi connectivity index (χ4v) is 3.64. The van der Waals surface area contributed by atoms with Crippen LogP contribution < -0.4 is 10.1 Å². The minimum absolute atomic E-state index is 0.0446. The fraction of sp³-hybridized carbons (Fsp3) is 0.185. The molecule has 3 aromatic carbocycles. The topological polar surface area (TPSA) is 62.1 Å². The van der Waals surface area contributed by atoms with Crippen LogP contribution in [0, 0.1) is 18.3 Å². The average molecular weight is 489 g/mol. The van der Waals surface area contributed by atoms with Crippen molar-refractivity contribution in [2.45, 2.75) is 26.4 Å². The third-order valence-corrected chi connectivity index (χ3v) is 5.38. The monoisotopic (exact) mass is 488 g/mol. The summed E-state index contributed by atoms with van der Waals surface area (Å²) in [6.45, 7) is 2.94. The smallest absolute Gasteiger partial charge is 0.261 e. The van der Waals surface area contributed by atoms with Crippen LogP contribution in [0.15, 0.2) is 82.8 Å². The number of carbonyl (C=O) groups excluding carboxylic acids is 1. The summed E-state index contributed by atoms with van der Waals surface area (Å²) in [4.78, 5) is 12.5. The van der Waals surface area contributed by atoms with E-state index in [0.29, 0.717) is 24.5 Å². The summed E-state index contributed by atoms with van der Waals surface area (Å²) in [5.41, 5.74) is 4.16. The molecule has 0 heterocycles. The molecule has 0 saturated carbocycles. The Hall–Kier alpha value is -3.36. The Balaban J connectivity index is 1.65. The van der Waals surface area contributed by atoms with Crippen LogP contribution in [-0.4, -0.2) is 12.5 Å². The van der Waals surface area contributed by atoms with Crippen LogP contribution in [0.4, 0.5) is 0 Å². The van der Waals surface area contributed by atoms with Crippen LogP contribution in [0.1, 0.15) is 28.7 Å². The summed E-state index contributed by atoms with van der Waals surface area (Å²) in [6.07, 6.45) is 3.24. The molecule has 3 rings (SSSR count). The number of amides is 1. The number of hydrogen-bond acceptors (Lipinski definition) is 3. The summed E-state index contributed by atoms with van der Waals surface area (Å²) in [5, 5.41) is 12.4. The van der Waals surface area contributed by atoms with Crippen LogP contribution in [0.2, 0.25) is 0 Å². The molecule has 1 amide bonds. The summed E-state index contributed by atoms with van der Waals surface area (Å²) in [5.74, 6) is 0.226. The second-order valence-corrected chi connectivity index (χ2v) is 8.39. The average Bonchev–Trinajstić information content (AvgIpc) is 2.80. The lowest BCUT2D eigenvalue weighted by molar-refractivity contribution is -0.117. The first-order valence-corrected chi connectivity index (χ1v) is 11.3. The highest BCUT2D eigenvalue weighted by Gasteiger charge is 2.11. The first-order valence-electron chi connectivity index (χ1n) is 10.5. The predicted octanol–water partition coefficient (Wildman–Crippen LogP) is 5.99. The second-order valence-electron chi connectivity index (χ2n) is 7.47. The van der Waals surface area contributed by atoms with E-state index in [1.165, 1.54) is 5.56 Å². The van der Waals surface area contributed by atoms with Crippen molar-refractivity contribution in [3.8, 4) is 11.8 Å². The number of nitriles is 1. The van der Waals surface area contributed by atoms with Gasteiger partial charge in [0.05, 0.1) is 0 Å². The van der Waals surface area contributed by atoms with Crippen molar-refractivity contribution in [1.29, 1.82) is 5.26 Å². The van der Waals surface area contributed by atoms with Gasteiger partial charge < -0.3 is 10.1 Å². The maximum Gasteiger partial charge on any atom is 0.261 e. The third kappa shape index (κ3) is 7.11. The van der Waals surface area contributed by atoms with E-state index in [1.54, 1.807) is 6.08 Å². The minimum Gasteiger partial charge on any atom is -0.488 e. The predicted molar refractivity (Wildman–Crippen MR) is 131 cm³/mol. The van der Waals surface area contributed by atoms with Gasteiger partial charge >= 0.3 is 0 Å². The SMILES string of the molecule is Cc1cccc(COc2ccc(Br)cc2/C=C(/C#N)C(=O)NCCCc2ccccc2)c1. The van der Waals surface area contributed by atoms with Crippen molar-refractivity contribution in [3.05, 3.63) is 105 Å². The molecule has 0 aliphatic rings. The van der Waals surface area contributed by atoms with Crippen molar-refractivity contribution < 1.29 is 9.53 Å². The lowest BCUT2D eigenvalue weighted by Crippen LogP contribution is -2.25. The van der Waals surface area contributed by atoms with Crippen molar-refractivity contribution in [2.24, 2.45) is 0 Å². The van der Waals surface area contributed by atoms with Crippen molar-refractivity contribution in [3.63, 3.8) is 0 Å². The van der Waals surface area contributed by atoms with E-state index in [1.807, 2.05) is 67.6 Å². The first kappa shape index (κ1) is 23.3. The molecule has 0 unspecified atom stereocenters. The highest BCUT2D eigenvalue weighted by molar-refractivity contribution is 9.10. The Morgan fingerprint density at radius 2 is 1.84 bits per heavy atom. The molecular formula is C27H25BrN2O2. The Morgan fingerprint density at radius 3 is 2.59 bits per heavy atom. The molecule has 5 heteroatoms. The molecule has 0 aliphatic carbocycles. The highest BCUT2D eigenvalue weighted by Crippen LogP contribution is 2.26. The third-order valence-electron chi connectivity index (χ3n) is 4.88. The lowest BCUT2D eigenvalue weighted by atomic mass is 10.1. The van der Waals surface area contributed by atoms with Crippen LogP contribution >= 0.6 is 15.9 Å². The van der Waals surface area contributed by atoms with Gasteiger partial charge in [-0.3, -0.25) is 4.79 Å². The maximum absolute atomic E-state index is 12.5. The Bertz CT molecular complexity index is 1130. The van der Waals surface area contributed by atoms with E-state index in [2.05, 4.69) is 39.4 Å². The van der Waals surface area contributed by atoms with Gasteiger partial charge in [0.15, 0.2) is 0 Å². The molecule has 0 aromatic heterocycles. The van der Waals surface area contributed by atoms with Gasteiger partial charge in [-0.1, -0.05) is 76.1 Å². The van der Waals surface area contributed by atoms with E-state index in [9.17, 15) is 10.1 Å². The Labute approximate surface area is 197 Å². The van der Waals surface area contributed by atoms with Gasteiger partial charge in [0.1, 0.15) is 24.0 Å². The van der Waals surface area contributed by atoms with Crippen molar-refractivity contribution in [1.82, 2.24) is 5.32 Å². The molecule has 0 aliphatic heterocycles.